The zero-order valence-corrected chi connectivity index (χ0v) is 35.7. The van der Waals surface area contributed by atoms with Crippen LogP contribution < -0.4 is 5.73 Å². The molecule has 4 N–H and O–H groups in total. The first kappa shape index (κ1) is 40.3. The molecule has 3 aromatic rings. The van der Waals surface area contributed by atoms with Crippen molar-refractivity contribution >= 4 is 47.9 Å². The minimum absolute atomic E-state index is 0.0105. The summed E-state index contributed by atoms with van der Waals surface area (Å²) in [4.78, 5) is 49.4. The lowest BCUT2D eigenvalue weighted by Crippen LogP contribution is -2.46. The van der Waals surface area contributed by atoms with E-state index in [2.05, 4.69) is 76.6 Å². The normalized spacial score (nSPS) is 21.3. The van der Waals surface area contributed by atoms with Gasteiger partial charge in [-0.05, 0) is 80.1 Å². The Morgan fingerprint density at radius 1 is 0.960 bits per heavy atom. The fourth-order valence-corrected chi connectivity index (χ4v) is 8.47. The number of anilines is 1. The summed E-state index contributed by atoms with van der Waals surface area (Å²) in [6.07, 6.45) is 5.19. The number of nitrogens with zero attached hydrogens (tertiary/aromatic N) is 6. The van der Waals surface area contributed by atoms with Gasteiger partial charge in [0.15, 0.2) is 36.4 Å². The van der Waals surface area contributed by atoms with Crippen LogP contribution in [-0.4, -0.2) is 89.1 Å². The molecule has 280 valence electrons. The Bertz CT molecular complexity index is 1670. The highest BCUT2D eigenvalue weighted by Crippen LogP contribution is 2.56. The molecule has 1 aliphatic heterocycles. The zero-order valence-electron chi connectivity index (χ0n) is 32.7. The van der Waals surface area contributed by atoms with Crippen molar-refractivity contribution in [3.8, 4) is 5.95 Å². The molecule has 3 aromatic heterocycles. The molecule has 0 radical (unpaired) electrons. The second-order valence-electron chi connectivity index (χ2n) is 17.9. The predicted octanol–water partition coefficient (Wildman–Crippen LogP) is 6.66. The van der Waals surface area contributed by atoms with Crippen LogP contribution >= 0.6 is 0 Å². The summed E-state index contributed by atoms with van der Waals surface area (Å²) in [6.45, 7) is 30.1. The Balaban J connectivity index is 1.87. The van der Waals surface area contributed by atoms with Crippen LogP contribution in [-0.2, 0) is 13.9 Å². The molecule has 13 nitrogen and oxygen atoms in total. The van der Waals surface area contributed by atoms with Crippen molar-refractivity contribution in [2.24, 2.45) is 11.8 Å². The topological polar surface area (TPSA) is 173 Å². The molecular weight excluding hydrogens is 687 g/mol. The molecule has 0 bridgehead atoms. The number of aromatic nitrogens is 6. The van der Waals surface area contributed by atoms with E-state index in [1.54, 1.807) is 13.3 Å². The van der Waals surface area contributed by atoms with Crippen molar-refractivity contribution in [1.29, 1.82) is 0 Å². The van der Waals surface area contributed by atoms with Gasteiger partial charge in [0.25, 0.3) is 5.95 Å². The first-order valence-corrected chi connectivity index (χ1v) is 26.5. The van der Waals surface area contributed by atoms with Crippen LogP contribution in [0.5, 0.6) is 0 Å². The summed E-state index contributed by atoms with van der Waals surface area (Å²) >= 11 is 0. The number of nitrogen functional groups attached to an aromatic ring is 1. The number of nitrogens with two attached hydrogens (primary N) is 1. The highest BCUT2D eigenvalue weighted by atomic mass is 28.4. The molecular formula is C34H61N7O6Si3. The van der Waals surface area contributed by atoms with Gasteiger partial charge in [-0.15, -0.1) is 0 Å². The van der Waals surface area contributed by atoms with Gasteiger partial charge in [-0.3, -0.25) is 4.57 Å². The van der Waals surface area contributed by atoms with Crippen molar-refractivity contribution in [3.63, 3.8) is 0 Å². The van der Waals surface area contributed by atoms with Crippen LogP contribution in [0.1, 0.15) is 84.8 Å². The van der Waals surface area contributed by atoms with Crippen LogP contribution in [0.25, 0.3) is 17.1 Å². The molecule has 16 heteroatoms. The number of hydrogen-bond acceptors (Lipinski definition) is 11. The second-order valence-corrected chi connectivity index (χ2v) is 31.6. The lowest BCUT2D eigenvalue weighted by molar-refractivity contribution is -0.0353. The average Bonchev–Trinajstić information content (AvgIpc) is 3.68. The van der Waals surface area contributed by atoms with Gasteiger partial charge in [-0.25, -0.2) is 14.5 Å². The smallest absolute Gasteiger partial charge is 0.341 e. The maximum Gasteiger partial charge on any atom is 0.341 e. The Labute approximate surface area is 300 Å². The fourth-order valence-electron chi connectivity index (χ4n) is 5.99. The number of imidazole rings is 1. The molecule has 1 fully saturated rings. The Morgan fingerprint density at radius 2 is 1.54 bits per heavy atom. The van der Waals surface area contributed by atoms with Crippen molar-refractivity contribution in [3.05, 3.63) is 24.3 Å². The van der Waals surface area contributed by atoms with Crippen LogP contribution in [0.3, 0.4) is 0 Å². The molecule has 0 saturated carbocycles. The van der Waals surface area contributed by atoms with Crippen molar-refractivity contribution in [2.45, 2.75) is 135 Å². The largest absolute Gasteiger partial charge is 0.462 e. The van der Waals surface area contributed by atoms with E-state index in [9.17, 15) is 14.4 Å². The predicted molar refractivity (Wildman–Crippen MR) is 204 cm³/mol. The van der Waals surface area contributed by atoms with Gasteiger partial charge in [0.2, 0.25) is 0 Å². The van der Waals surface area contributed by atoms with E-state index in [0.29, 0.717) is 24.2 Å². The number of carbonyl (C=O) groups excluding carboxylic acids is 1. The number of fused-ring (bicyclic) bond motifs is 1. The maximum atomic E-state index is 12.4. The van der Waals surface area contributed by atoms with E-state index in [1.807, 2.05) is 30.8 Å². The first-order valence-electron chi connectivity index (χ1n) is 17.7. The Morgan fingerprint density at radius 3 is 2.08 bits per heavy atom. The minimum Gasteiger partial charge on any atom is -0.462 e. The van der Waals surface area contributed by atoms with E-state index in [4.69, 9.17) is 24.6 Å². The highest BCUT2D eigenvalue weighted by molar-refractivity contribution is 6.74. The molecule has 0 aromatic carbocycles. The lowest BCUT2D eigenvalue weighted by Gasteiger charge is -2.43. The monoisotopic (exact) mass is 747 g/mol. The highest BCUT2D eigenvalue weighted by Gasteiger charge is 2.54. The number of ether oxygens (including phenoxy) is 2. The molecule has 0 aliphatic carbocycles. The summed E-state index contributed by atoms with van der Waals surface area (Å²) < 4.78 is 22.4. The molecule has 1 aliphatic rings. The third-order valence-electron chi connectivity index (χ3n) is 11.9. The van der Waals surface area contributed by atoms with Gasteiger partial charge < -0.3 is 29.2 Å². The summed E-state index contributed by atoms with van der Waals surface area (Å²) in [5.41, 5.74) is 7.63. The first-order chi connectivity index (χ1) is 22.7. The summed E-state index contributed by atoms with van der Waals surface area (Å²) in [6, 6.07) is 0. The number of rotatable bonds is 13. The van der Waals surface area contributed by atoms with Crippen LogP contribution in [0.15, 0.2) is 18.7 Å². The van der Waals surface area contributed by atoms with Crippen molar-refractivity contribution < 1.29 is 28.3 Å². The van der Waals surface area contributed by atoms with Gasteiger partial charge in [0.1, 0.15) is 11.7 Å². The maximum absolute atomic E-state index is 12.4. The number of carbonyl (C=O) groups is 1. The molecule has 4 rings (SSSR count). The number of esters is 1. The molecule has 4 heterocycles. The molecule has 0 spiro atoms. The SMILES string of the molecule is CCOC(=O)c1cnn(-c2nc(N)c3ncn(C4OC(CO[Si](C)(C)C(C)(C)C)C(CC(C)(C)[Si](C)(C)O)[C@H]4CC(C)(C)[Si](C)(C)O)c3n2)c1. The summed E-state index contributed by atoms with van der Waals surface area (Å²) in [7, 11) is -7.42. The molecule has 3 unspecified atom stereocenters. The minimum atomic E-state index is -2.66. The molecule has 50 heavy (non-hydrogen) atoms. The van der Waals surface area contributed by atoms with E-state index in [1.165, 1.54) is 17.1 Å². The van der Waals surface area contributed by atoms with Gasteiger partial charge in [-0.2, -0.15) is 15.1 Å². The van der Waals surface area contributed by atoms with Crippen molar-refractivity contribution in [2.75, 3.05) is 18.9 Å². The van der Waals surface area contributed by atoms with Crippen LogP contribution in [0.4, 0.5) is 5.82 Å². The standard InChI is InChI=1S/C34H61N7O6Si3/c1-15-45-30(42)22-18-37-41(19-22)31-38-27(35)26-28(39-31)40(21-36-26)29-24(17-34(7,8)49(11,12)44)23(16-33(5,6)48(9,10)43)25(47-29)20-46-50(13,14)32(2,3)4/h18-19,21,23-25,29,43-44H,15-17,20H2,1-14H3,(H2,35,38,39)/t23?,24-,25?,29?/m1/s1. The molecule has 0 amide bonds. The van der Waals surface area contributed by atoms with Gasteiger partial charge in [-0.1, -0.05) is 48.5 Å². The Hall–Kier alpha value is -2.48. The summed E-state index contributed by atoms with van der Waals surface area (Å²) in [5.74, 6) is -0.255. The van der Waals surface area contributed by atoms with Gasteiger partial charge in [0.05, 0.1) is 37.4 Å². The third kappa shape index (κ3) is 8.10. The Kier molecular flexibility index (Phi) is 11.1. The van der Waals surface area contributed by atoms with Crippen molar-refractivity contribution in [1.82, 2.24) is 29.3 Å². The fraction of sp³-hybridized carbons (Fsp3) is 0.735. The quantitative estimate of drug-likeness (QED) is 0.126. The lowest BCUT2D eigenvalue weighted by atomic mass is 9.78. The van der Waals surface area contributed by atoms with E-state index in [-0.39, 0.29) is 57.0 Å². The van der Waals surface area contributed by atoms with Crippen LogP contribution in [0, 0.1) is 11.8 Å². The van der Waals surface area contributed by atoms with E-state index >= 15 is 0 Å². The summed E-state index contributed by atoms with van der Waals surface area (Å²) in [5, 5.41) is 3.61. The third-order valence-corrected chi connectivity index (χ3v) is 23.5. The average molecular weight is 748 g/mol. The second kappa shape index (κ2) is 13.8. The van der Waals surface area contributed by atoms with Gasteiger partial charge >= 0.3 is 5.97 Å². The number of hydrogen-bond donors (Lipinski definition) is 3. The van der Waals surface area contributed by atoms with E-state index in [0.717, 1.165) is 6.42 Å². The molecule has 4 atom stereocenters. The zero-order chi connectivity index (χ0) is 37.8. The van der Waals surface area contributed by atoms with Crippen LogP contribution in [0.2, 0.25) is 54.4 Å². The van der Waals surface area contributed by atoms with E-state index < -0.39 is 37.1 Å². The molecule has 1 saturated heterocycles. The van der Waals surface area contributed by atoms with Gasteiger partial charge in [0, 0.05) is 12.1 Å².